The second kappa shape index (κ2) is 5.68. The summed E-state index contributed by atoms with van der Waals surface area (Å²) < 4.78 is 39.1. The topological polar surface area (TPSA) is 82.1 Å². The number of hydrogen-bond acceptors (Lipinski definition) is 6. The third-order valence-corrected chi connectivity index (χ3v) is 5.42. The van der Waals surface area contributed by atoms with Crippen LogP contribution in [0.25, 0.3) is 0 Å². The Balaban J connectivity index is 1.93. The van der Waals surface area contributed by atoms with Crippen LogP contribution in [-0.2, 0) is 14.6 Å². The van der Waals surface area contributed by atoms with Crippen molar-refractivity contribution in [2.45, 2.75) is 19.4 Å². The number of rotatable bonds is 3. The summed E-state index contributed by atoms with van der Waals surface area (Å²) >= 11 is 0. The van der Waals surface area contributed by atoms with Crippen LogP contribution in [0.4, 0.5) is 10.5 Å². The predicted octanol–water partition coefficient (Wildman–Crippen LogP) is 1.57. The molecule has 0 bridgehead atoms. The molecule has 0 spiro atoms. The standard InChI is InChI=1S/C14H17NO6S/c1-2-19-14(16)15(11-5-6-22(17,18)8-11)10-3-4-12-13(7-10)21-9-20-12/h3-4,7,11H,2,5-6,8-9H2,1H3. The summed E-state index contributed by atoms with van der Waals surface area (Å²) in [6.07, 6.45) is -0.154. The molecule has 0 radical (unpaired) electrons. The van der Waals surface area contributed by atoms with E-state index in [4.69, 9.17) is 14.2 Å². The first-order valence-electron chi connectivity index (χ1n) is 7.06. The maximum Gasteiger partial charge on any atom is 0.414 e. The van der Waals surface area contributed by atoms with Crippen molar-refractivity contribution in [1.29, 1.82) is 0 Å². The van der Waals surface area contributed by atoms with Gasteiger partial charge in [0, 0.05) is 6.07 Å². The van der Waals surface area contributed by atoms with Crippen LogP contribution in [0.15, 0.2) is 18.2 Å². The van der Waals surface area contributed by atoms with Crippen LogP contribution in [0.5, 0.6) is 11.5 Å². The van der Waals surface area contributed by atoms with E-state index in [2.05, 4.69) is 0 Å². The summed E-state index contributed by atoms with van der Waals surface area (Å²) in [6.45, 7) is 2.07. The van der Waals surface area contributed by atoms with Gasteiger partial charge in [-0.3, -0.25) is 4.90 Å². The summed E-state index contributed by atoms with van der Waals surface area (Å²) in [6, 6.07) is 4.65. The van der Waals surface area contributed by atoms with Crippen molar-refractivity contribution in [2.24, 2.45) is 0 Å². The lowest BCUT2D eigenvalue weighted by molar-refractivity contribution is 0.157. The molecule has 1 saturated heterocycles. The minimum Gasteiger partial charge on any atom is -0.454 e. The van der Waals surface area contributed by atoms with Gasteiger partial charge >= 0.3 is 6.09 Å². The molecule has 0 aromatic heterocycles. The van der Waals surface area contributed by atoms with Gasteiger partial charge in [-0.15, -0.1) is 0 Å². The first-order valence-corrected chi connectivity index (χ1v) is 8.88. The van der Waals surface area contributed by atoms with Crippen molar-refractivity contribution in [1.82, 2.24) is 0 Å². The Kier molecular flexibility index (Phi) is 3.86. The van der Waals surface area contributed by atoms with Crippen molar-refractivity contribution in [2.75, 3.05) is 29.8 Å². The van der Waals surface area contributed by atoms with Crippen LogP contribution >= 0.6 is 0 Å². The minimum absolute atomic E-state index is 0.0553. The maximum atomic E-state index is 12.3. The normalized spacial score (nSPS) is 21.6. The van der Waals surface area contributed by atoms with Gasteiger partial charge in [-0.05, 0) is 25.5 Å². The molecule has 1 fully saturated rings. The molecule has 2 heterocycles. The van der Waals surface area contributed by atoms with E-state index >= 15 is 0 Å². The van der Waals surface area contributed by atoms with Gasteiger partial charge in [0.05, 0.1) is 29.8 Å². The van der Waals surface area contributed by atoms with E-state index in [9.17, 15) is 13.2 Å². The lowest BCUT2D eigenvalue weighted by Gasteiger charge is -2.27. The number of hydrogen-bond donors (Lipinski definition) is 0. The number of amides is 1. The third kappa shape index (κ3) is 2.83. The largest absolute Gasteiger partial charge is 0.454 e. The molecule has 0 N–H and O–H groups in total. The molecule has 0 aliphatic carbocycles. The summed E-state index contributed by atoms with van der Waals surface area (Å²) in [5, 5.41) is 0. The summed E-state index contributed by atoms with van der Waals surface area (Å²) in [5.74, 6) is 1.16. The Morgan fingerprint density at radius 2 is 2.14 bits per heavy atom. The molecule has 1 aromatic carbocycles. The number of ether oxygens (including phenoxy) is 3. The molecule has 1 amide bonds. The number of nitrogens with zero attached hydrogens (tertiary/aromatic N) is 1. The number of benzene rings is 1. The monoisotopic (exact) mass is 327 g/mol. The van der Waals surface area contributed by atoms with Crippen LogP contribution in [-0.4, -0.2) is 45.5 Å². The average Bonchev–Trinajstić information content (AvgIpc) is 3.05. The van der Waals surface area contributed by atoms with Crippen LogP contribution < -0.4 is 14.4 Å². The fourth-order valence-corrected chi connectivity index (χ4v) is 4.37. The molecule has 8 heteroatoms. The number of anilines is 1. The first-order chi connectivity index (χ1) is 10.5. The van der Waals surface area contributed by atoms with Gasteiger partial charge in [-0.1, -0.05) is 0 Å². The van der Waals surface area contributed by atoms with E-state index in [1.165, 1.54) is 4.90 Å². The Hall–Kier alpha value is -1.96. The predicted molar refractivity (Wildman–Crippen MR) is 79.1 cm³/mol. The number of carbonyl (C=O) groups is 1. The maximum absolute atomic E-state index is 12.3. The van der Waals surface area contributed by atoms with E-state index in [-0.39, 0.29) is 24.9 Å². The minimum atomic E-state index is -3.11. The molecule has 2 aliphatic rings. The highest BCUT2D eigenvalue weighted by atomic mass is 32.2. The van der Waals surface area contributed by atoms with Crippen molar-refractivity contribution >= 4 is 21.6 Å². The molecular weight excluding hydrogens is 310 g/mol. The number of fused-ring (bicyclic) bond motifs is 1. The Labute approximate surface area is 128 Å². The smallest absolute Gasteiger partial charge is 0.414 e. The van der Waals surface area contributed by atoms with Gasteiger partial charge in [0.1, 0.15) is 0 Å². The summed E-state index contributed by atoms with van der Waals surface area (Å²) in [7, 11) is -3.11. The van der Waals surface area contributed by atoms with Crippen molar-refractivity contribution in [3.63, 3.8) is 0 Å². The number of sulfone groups is 1. The Bertz CT molecular complexity index is 687. The zero-order chi connectivity index (χ0) is 15.7. The molecule has 0 saturated carbocycles. The molecule has 120 valence electrons. The summed E-state index contributed by atoms with van der Waals surface area (Å²) in [5.41, 5.74) is 0.546. The van der Waals surface area contributed by atoms with E-state index in [1.54, 1.807) is 25.1 Å². The van der Waals surface area contributed by atoms with Gasteiger partial charge in [-0.2, -0.15) is 0 Å². The van der Waals surface area contributed by atoms with Crippen LogP contribution in [0.3, 0.4) is 0 Å². The Morgan fingerprint density at radius 3 is 2.82 bits per heavy atom. The molecule has 3 rings (SSSR count). The quantitative estimate of drug-likeness (QED) is 0.838. The van der Waals surface area contributed by atoms with Crippen molar-refractivity contribution in [3.05, 3.63) is 18.2 Å². The van der Waals surface area contributed by atoms with Gasteiger partial charge in [-0.25, -0.2) is 13.2 Å². The van der Waals surface area contributed by atoms with Crippen LogP contribution in [0.2, 0.25) is 0 Å². The van der Waals surface area contributed by atoms with Crippen molar-refractivity contribution in [3.8, 4) is 11.5 Å². The average molecular weight is 327 g/mol. The lowest BCUT2D eigenvalue weighted by Crippen LogP contribution is -2.41. The number of carbonyl (C=O) groups excluding carboxylic acids is 1. The van der Waals surface area contributed by atoms with E-state index in [0.717, 1.165) is 0 Å². The zero-order valence-electron chi connectivity index (χ0n) is 12.1. The second-order valence-electron chi connectivity index (χ2n) is 5.16. The molecule has 1 aromatic rings. The zero-order valence-corrected chi connectivity index (χ0v) is 13.0. The molecule has 22 heavy (non-hydrogen) atoms. The van der Waals surface area contributed by atoms with E-state index in [1.807, 2.05) is 0 Å². The van der Waals surface area contributed by atoms with E-state index < -0.39 is 22.0 Å². The highest BCUT2D eigenvalue weighted by Crippen LogP contribution is 2.37. The summed E-state index contributed by atoms with van der Waals surface area (Å²) in [4.78, 5) is 13.7. The SMILES string of the molecule is CCOC(=O)N(c1ccc2c(c1)OCO2)C1CCS(=O)(=O)C1. The van der Waals surface area contributed by atoms with E-state index in [0.29, 0.717) is 23.6 Å². The van der Waals surface area contributed by atoms with Crippen LogP contribution in [0.1, 0.15) is 13.3 Å². The van der Waals surface area contributed by atoms with Crippen molar-refractivity contribution < 1.29 is 27.4 Å². The van der Waals surface area contributed by atoms with Crippen LogP contribution in [0, 0.1) is 0 Å². The molecule has 1 atom stereocenters. The van der Waals surface area contributed by atoms with Gasteiger partial charge < -0.3 is 14.2 Å². The lowest BCUT2D eigenvalue weighted by atomic mass is 10.2. The van der Waals surface area contributed by atoms with Gasteiger partial charge in [0.2, 0.25) is 6.79 Å². The molecular formula is C14H17NO6S. The second-order valence-corrected chi connectivity index (χ2v) is 7.39. The highest BCUT2D eigenvalue weighted by Gasteiger charge is 2.36. The molecule has 7 nitrogen and oxygen atoms in total. The first kappa shape index (κ1) is 15.0. The third-order valence-electron chi connectivity index (χ3n) is 3.67. The highest BCUT2D eigenvalue weighted by molar-refractivity contribution is 7.91. The Morgan fingerprint density at radius 1 is 1.36 bits per heavy atom. The van der Waals surface area contributed by atoms with Gasteiger partial charge in [0.25, 0.3) is 0 Å². The fourth-order valence-electron chi connectivity index (χ4n) is 2.67. The fraction of sp³-hybridized carbons (Fsp3) is 0.500. The molecule has 1 unspecified atom stereocenters. The molecule has 2 aliphatic heterocycles. The van der Waals surface area contributed by atoms with Gasteiger partial charge in [0.15, 0.2) is 21.3 Å².